The number of hydrogen-bond acceptors (Lipinski definition) is 5. The van der Waals surface area contributed by atoms with Crippen LogP contribution in [0.3, 0.4) is 0 Å². The van der Waals surface area contributed by atoms with Gasteiger partial charge in [-0.25, -0.2) is 0 Å². The van der Waals surface area contributed by atoms with E-state index in [9.17, 15) is 9.59 Å². The van der Waals surface area contributed by atoms with Gasteiger partial charge < -0.3 is 19.7 Å². The minimum Gasteiger partial charge on any atom is -0.483 e. The second kappa shape index (κ2) is 7.42. The molecule has 0 radical (unpaired) electrons. The molecule has 4 rings (SSSR count). The standard InChI is InChI=1S/C21H26N4O4/c1-14(26)23-16-10-22-25(11-16)17-7-8-24(12-17)19(27)13-28-18-6-4-5-15-9-21(2,3)29-20(15)18/h4-6,10-11,17H,7-9,12-13H2,1-3H3,(H,23,26). The van der Waals surface area contributed by atoms with Crippen molar-refractivity contribution in [1.82, 2.24) is 14.7 Å². The Kier molecular flexibility index (Phi) is 4.94. The fourth-order valence-corrected chi connectivity index (χ4v) is 3.92. The molecule has 3 heterocycles. The van der Waals surface area contributed by atoms with Gasteiger partial charge in [-0.05, 0) is 26.3 Å². The van der Waals surface area contributed by atoms with Crippen LogP contribution in [-0.2, 0) is 16.0 Å². The first-order chi connectivity index (χ1) is 13.8. The SMILES string of the molecule is CC(=O)Nc1cnn(C2CCN(C(=O)COc3cccc4c3OC(C)(C)C4)C2)c1. The zero-order chi connectivity index (χ0) is 20.6. The third-order valence-electron chi connectivity index (χ3n) is 5.22. The highest BCUT2D eigenvalue weighted by Crippen LogP contribution is 2.41. The van der Waals surface area contributed by atoms with Crippen molar-refractivity contribution in [3.63, 3.8) is 0 Å². The zero-order valence-electron chi connectivity index (χ0n) is 17.0. The minimum atomic E-state index is -0.256. The fraction of sp³-hybridized carbons (Fsp3) is 0.476. The Bertz CT molecular complexity index is 937. The van der Waals surface area contributed by atoms with E-state index in [1.54, 1.807) is 22.0 Å². The summed E-state index contributed by atoms with van der Waals surface area (Å²) in [6, 6.07) is 5.89. The number of rotatable bonds is 5. The number of carbonyl (C=O) groups is 2. The van der Waals surface area contributed by atoms with Gasteiger partial charge in [0.1, 0.15) is 5.60 Å². The van der Waals surface area contributed by atoms with Crippen LogP contribution >= 0.6 is 0 Å². The van der Waals surface area contributed by atoms with Crippen molar-refractivity contribution < 1.29 is 19.1 Å². The van der Waals surface area contributed by atoms with Crippen molar-refractivity contribution in [3.05, 3.63) is 36.2 Å². The van der Waals surface area contributed by atoms with E-state index in [1.165, 1.54) is 6.92 Å². The van der Waals surface area contributed by atoms with Crippen LogP contribution in [0.25, 0.3) is 0 Å². The summed E-state index contributed by atoms with van der Waals surface area (Å²) in [5.41, 5.74) is 1.51. The topological polar surface area (TPSA) is 85.7 Å². The number of hydrogen-bond donors (Lipinski definition) is 1. The maximum atomic E-state index is 12.6. The average Bonchev–Trinajstić information content (AvgIpc) is 3.35. The van der Waals surface area contributed by atoms with Gasteiger partial charge in [-0.3, -0.25) is 14.3 Å². The molecule has 29 heavy (non-hydrogen) atoms. The molecule has 2 aromatic rings. The molecule has 1 fully saturated rings. The van der Waals surface area contributed by atoms with Crippen LogP contribution in [0.4, 0.5) is 5.69 Å². The molecule has 1 aromatic carbocycles. The summed E-state index contributed by atoms with van der Waals surface area (Å²) in [5.74, 6) is 1.16. The van der Waals surface area contributed by atoms with Crippen LogP contribution in [0.15, 0.2) is 30.6 Å². The van der Waals surface area contributed by atoms with Crippen LogP contribution in [0.5, 0.6) is 11.5 Å². The molecule has 2 amide bonds. The summed E-state index contributed by atoms with van der Waals surface area (Å²) in [4.78, 5) is 25.6. The fourth-order valence-electron chi connectivity index (χ4n) is 3.92. The van der Waals surface area contributed by atoms with Gasteiger partial charge in [0.25, 0.3) is 5.91 Å². The van der Waals surface area contributed by atoms with Gasteiger partial charge in [-0.15, -0.1) is 0 Å². The third kappa shape index (κ3) is 4.21. The van der Waals surface area contributed by atoms with E-state index in [4.69, 9.17) is 9.47 Å². The predicted octanol–water partition coefficient (Wildman–Crippen LogP) is 2.41. The van der Waals surface area contributed by atoms with E-state index < -0.39 is 0 Å². The monoisotopic (exact) mass is 398 g/mol. The smallest absolute Gasteiger partial charge is 0.260 e. The van der Waals surface area contributed by atoms with E-state index >= 15 is 0 Å². The number of fused-ring (bicyclic) bond motifs is 1. The first-order valence-corrected chi connectivity index (χ1v) is 9.84. The van der Waals surface area contributed by atoms with Crippen molar-refractivity contribution in [3.8, 4) is 11.5 Å². The molecule has 0 saturated carbocycles. The van der Waals surface area contributed by atoms with Crippen LogP contribution < -0.4 is 14.8 Å². The maximum absolute atomic E-state index is 12.6. The number of ether oxygens (including phenoxy) is 2. The normalized spacial score (nSPS) is 19.6. The number of nitrogens with one attached hydrogen (secondary N) is 1. The summed E-state index contributed by atoms with van der Waals surface area (Å²) in [7, 11) is 0. The second-order valence-electron chi connectivity index (χ2n) is 8.24. The molecule has 2 aliphatic rings. The third-order valence-corrected chi connectivity index (χ3v) is 5.22. The van der Waals surface area contributed by atoms with Gasteiger partial charge in [0.15, 0.2) is 18.1 Å². The van der Waals surface area contributed by atoms with Gasteiger partial charge in [-0.1, -0.05) is 12.1 Å². The Labute approximate surface area is 169 Å². The number of carbonyl (C=O) groups excluding carboxylic acids is 2. The average molecular weight is 398 g/mol. The molecule has 1 saturated heterocycles. The van der Waals surface area contributed by atoms with Crippen molar-refractivity contribution in [2.45, 2.75) is 45.3 Å². The predicted molar refractivity (Wildman–Crippen MR) is 107 cm³/mol. The highest BCUT2D eigenvalue weighted by atomic mass is 16.5. The molecule has 0 spiro atoms. The summed E-state index contributed by atoms with van der Waals surface area (Å²) in [6.45, 7) is 6.74. The van der Waals surface area contributed by atoms with E-state index in [2.05, 4.69) is 10.4 Å². The van der Waals surface area contributed by atoms with E-state index in [0.717, 1.165) is 24.2 Å². The first kappa shape index (κ1) is 19.3. The Morgan fingerprint density at radius 1 is 1.38 bits per heavy atom. The summed E-state index contributed by atoms with van der Waals surface area (Å²) in [6.07, 6.45) is 5.05. The number of amides is 2. The lowest BCUT2D eigenvalue weighted by Gasteiger charge is -2.19. The number of para-hydroxylation sites is 1. The van der Waals surface area contributed by atoms with Gasteiger partial charge in [0.05, 0.1) is 17.9 Å². The van der Waals surface area contributed by atoms with Crippen molar-refractivity contribution >= 4 is 17.5 Å². The molecule has 2 aliphatic heterocycles. The van der Waals surface area contributed by atoms with Crippen LogP contribution in [0, 0.1) is 0 Å². The van der Waals surface area contributed by atoms with Crippen LogP contribution in [0.2, 0.25) is 0 Å². The van der Waals surface area contributed by atoms with Crippen LogP contribution in [0.1, 0.15) is 38.8 Å². The van der Waals surface area contributed by atoms with E-state index in [0.29, 0.717) is 24.5 Å². The molecule has 1 N–H and O–H groups in total. The Hall–Kier alpha value is -3.03. The molecule has 154 valence electrons. The number of aromatic nitrogens is 2. The van der Waals surface area contributed by atoms with Crippen molar-refractivity contribution in [1.29, 1.82) is 0 Å². The second-order valence-corrected chi connectivity index (χ2v) is 8.24. The van der Waals surface area contributed by atoms with E-state index in [1.807, 2.05) is 32.0 Å². The Balaban J connectivity index is 1.33. The van der Waals surface area contributed by atoms with Gasteiger partial charge in [0.2, 0.25) is 5.91 Å². The van der Waals surface area contributed by atoms with Gasteiger partial charge >= 0.3 is 0 Å². The molecule has 1 aromatic heterocycles. The molecule has 0 aliphatic carbocycles. The van der Waals surface area contributed by atoms with Crippen LogP contribution in [-0.4, -0.2) is 51.8 Å². The summed E-state index contributed by atoms with van der Waals surface area (Å²) in [5, 5.41) is 7.02. The molecule has 8 nitrogen and oxygen atoms in total. The Morgan fingerprint density at radius 2 is 2.21 bits per heavy atom. The molecule has 1 atom stereocenters. The number of benzene rings is 1. The van der Waals surface area contributed by atoms with Gasteiger partial charge in [-0.2, -0.15) is 5.10 Å². The summed E-state index contributed by atoms with van der Waals surface area (Å²) < 4.78 is 13.6. The lowest BCUT2D eigenvalue weighted by molar-refractivity contribution is -0.132. The molecular weight excluding hydrogens is 372 g/mol. The van der Waals surface area contributed by atoms with E-state index in [-0.39, 0.29) is 30.1 Å². The minimum absolute atomic E-state index is 0.0246. The van der Waals surface area contributed by atoms with Crippen molar-refractivity contribution in [2.75, 3.05) is 25.0 Å². The first-order valence-electron chi connectivity index (χ1n) is 9.84. The lowest BCUT2D eigenvalue weighted by atomic mass is 10.0. The Morgan fingerprint density at radius 3 is 3.00 bits per heavy atom. The molecule has 8 heteroatoms. The quantitative estimate of drug-likeness (QED) is 0.836. The largest absolute Gasteiger partial charge is 0.483 e. The number of nitrogens with zero attached hydrogens (tertiary/aromatic N) is 3. The zero-order valence-corrected chi connectivity index (χ0v) is 17.0. The molecule has 1 unspecified atom stereocenters. The lowest BCUT2D eigenvalue weighted by Crippen LogP contribution is -2.33. The summed E-state index contributed by atoms with van der Waals surface area (Å²) >= 11 is 0. The highest BCUT2D eigenvalue weighted by Gasteiger charge is 2.33. The van der Waals surface area contributed by atoms with Crippen molar-refractivity contribution in [2.24, 2.45) is 0 Å². The molecule has 0 bridgehead atoms. The van der Waals surface area contributed by atoms with Gasteiger partial charge in [0, 0.05) is 38.2 Å². The number of anilines is 1. The molecular formula is C21H26N4O4. The maximum Gasteiger partial charge on any atom is 0.260 e. The highest BCUT2D eigenvalue weighted by molar-refractivity contribution is 5.88. The number of likely N-dealkylation sites (tertiary alicyclic amines) is 1.